The molecule has 0 atom stereocenters. The number of methoxy groups -OCH3 is 1. The van der Waals surface area contributed by atoms with E-state index in [1.807, 2.05) is 24.3 Å². The third-order valence-electron chi connectivity index (χ3n) is 6.51. The average molecular weight is 498 g/mol. The summed E-state index contributed by atoms with van der Waals surface area (Å²) in [5.74, 6) is -0.305. The molecule has 0 amide bonds. The predicted molar refractivity (Wildman–Crippen MR) is 129 cm³/mol. The van der Waals surface area contributed by atoms with Crippen LogP contribution in [0, 0.1) is 3.57 Å². The van der Waals surface area contributed by atoms with Gasteiger partial charge in [-0.3, -0.25) is 0 Å². The van der Waals surface area contributed by atoms with Crippen LogP contribution < -0.4 is 0 Å². The molecule has 4 rings (SSSR count). The number of carbonyl (C=O) groups excluding carboxylic acids is 1. The third kappa shape index (κ3) is 3.58. The van der Waals surface area contributed by atoms with Gasteiger partial charge in [0.15, 0.2) is 0 Å². The summed E-state index contributed by atoms with van der Waals surface area (Å²) in [5, 5.41) is 2.61. The molecule has 0 saturated carbocycles. The van der Waals surface area contributed by atoms with Gasteiger partial charge in [-0.05, 0) is 110 Å². The van der Waals surface area contributed by atoms with Crippen LogP contribution in [0.1, 0.15) is 62.0 Å². The maximum atomic E-state index is 11.7. The van der Waals surface area contributed by atoms with Crippen molar-refractivity contribution in [3.8, 4) is 11.1 Å². The predicted octanol–water partition coefficient (Wildman–Crippen LogP) is 7.25. The molecular weight excluding hydrogens is 471 g/mol. The van der Waals surface area contributed by atoms with Gasteiger partial charge < -0.3 is 4.74 Å². The number of esters is 1. The summed E-state index contributed by atoms with van der Waals surface area (Å²) >= 11 is 2.46. The molecule has 0 fully saturated rings. The molecule has 1 aliphatic rings. The van der Waals surface area contributed by atoms with Gasteiger partial charge in [0.2, 0.25) is 0 Å². The summed E-state index contributed by atoms with van der Waals surface area (Å²) in [7, 11) is 1.41. The Kier molecular flexibility index (Phi) is 5.01. The highest BCUT2D eigenvalue weighted by atomic mass is 127. The summed E-state index contributed by atoms with van der Waals surface area (Å²) in [4.78, 5) is 11.7. The summed E-state index contributed by atoms with van der Waals surface area (Å²) in [6.45, 7) is 9.48. The second-order valence-corrected chi connectivity index (χ2v) is 10.6. The SMILES string of the molecule is COC(=O)c1ccc(-c2cc(I)c3cc4c(cc3c2)C(C)(C)CCC4(C)C)cc1. The Hall–Kier alpha value is -1.88. The van der Waals surface area contributed by atoms with Crippen molar-refractivity contribution in [3.05, 3.63) is 68.8 Å². The molecule has 0 aromatic heterocycles. The molecule has 0 aliphatic heterocycles. The molecule has 0 bridgehead atoms. The Labute approximate surface area is 186 Å². The lowest BCUT2D eigenvalue weighted by Crippen LogP contribution is -2.33. The van der Waals surface area contributed by atoms with Crippen LogP contribution in [0.25, 0.3) is 21.9 Å². The zero-order valence-corrected chi connectivity index (χ0v) is 19.9. The molecule has 3 aromatic rings. The highest BCUT2D eigenvalue weighted by molar-refractivity contribution is 14.1. The lowest BCUT2D eigenvalue weighted by Gasteiger charge is -2.42. The number of hydrogen-bond acceptors (Lipinski definition) is 2. The highest BCUT2D eigenvalue weighted by Gasteiger charge is 2.37. The maximum Gasteiger partial charge on any atom is 0.337 e. The van der Waals surface area contributed by atoms with Crippen molar-refractivity contribution in [2.24, 2.45) is 0 Å². The molecule has 1 aliphatic carbocycles. The minimum Gasteiger partial charge on any atom is -0.465 e. The number of hydrogen-bond donors (Lipinski definition) is 0. The quantitative estimate of drug-likeness (QED) is 0.275. The van der Waals surface area contributed by atoms with E-state index < -0.39 is 0 Å². The van der Waals surface area contributed by atoms with Gasteiger partial charge >= 0.3 is 5.97 Å². The van der Waals surface area contributed by atoms with Crippen LogP contribution in [0.15, 0.2) is 48.5 Å². The molecule has 0 saturated heterocycles. The first-order valence-corrected chi connectivity index (χ1v) is 11.2. The first kappa shape index (κ1) is 20.4. The average Bonchev–Trinajstić information content (AvgIpc) is 2.70. The van der Waals surface area contributed by atoms with Gasteiger partial charge in [0.1, 0.15) is 0 Å². The fourth-order valence-corrected chi connectivity index (χ4v) is 5.27. The molecule has 0 N–H and O–H groups in total. The fourth-order valence-electron chi connectivity index (χ4n) is 4.46. The third-order valence-corrected chi connectivity index (χ3v) is 7.41. The Morgan fingerprint density at radius 3 is 2.03 bits per heavy atom. The number of halogens is 1. The molecule has 0 unspecified atom stereocenters. The van der Waals surface area contributed by atoms with Gasteiger partial charge in [-0.1, -0.05) is 45.9 Å². The molecule has 3 heteroatoms. The van der Waals surface area contributed by atoms with Crippen molar-refractivity contribution >= 4 is 39.3 Å². The fraction of sp³-hybridized carbons (Fsp3) is 0.346. The van der Waals surface area contributed by atoms with Crippen LogP contribution in [0.5, 0.6) is 0 Å². The summed E-state index contributed by atoms with van der Waals surface area (Å²) < 4.78 is 6.07. The van der Waals surface area contributed by atoms with Crippen molar-refractivity contribution < 1.29 is 9.53 Å². The first-order chi connectivity index (χ1) is 13.6. The Morgan fingerprint density at radius 2 is 1.45 bits per heavy atom. The molecule has 0 radical (unpaired) electrons. The molecular formula is C26H27IO2. The number of ether oxygens (including phenoxy) is 1. The van der Waals surface area contributed by atoms with Crippen LogP contribution >= 0.6 is 22.6 Å². The number of carbonyl (C=O) groups is 1. The monoisotopic (exact) mass is 498 g/mol. The normalized spacial score (nSPS) is 17.0. The molecule has 29 heavy (non-hydrogen) atoms. The van der Waals surface area contributed by atoms with E-state index in [1.54, 1.807) is 0 Å². The van der Waals surface area contributed by atoms with Crippen LogP contribution in [0.3, 0.4) is 0 Å². The smallest absolute Gasteiger partial charge is 0.337 e. The van der Waals surface area contributed by atoms with Crippen LogP contribution in [0.4, 0.5) is 0 Å². The minimum atomic E-state index is -0.305. The number of fused-ring (bicyclic) bond motifs is 2. The standard InChI is InChI=1S/C26H27IO2/c1-25(2)10-11-26(3,4)22-15-20-19(13-21(22)25)12-18(14-23(20)27)16-6-8-17(9-7-16)24(28)29-5/h6-9,12-15H,10-11H2,1-5H3. The second kappa shape index (κ2) is 7.12. The molecule has 2 nitrogen and oxygen atoms in total. The van der Waals surface area contributed by atoms with E-state index in [4.69, 9.17) is 4.74 Å². The van der Waals surface area contributed by atoms with Gasteiger partial charge in [-0.2, -0.15) is 0 Å². The topological polar surface area (TPSA) is 26.3 Å². The molecule has 150 valence electrons. The van der Waals surface area contributed by atoms with E-state index in [0.29, 0.717) is 5.56 Å². The van der Waals surface area contributed by atoms with E-state index in [0.717, 1.165) is 5.56 Å². The molecule has 0 heterocycles. The second-order valence-electron chi connectivity index (χ2n) is 9.41. The Bertz CT molecular complexity index is 1110. The first-order valence-electron chi connectivity index (χ1n) is 10.1. The molecule has 0 spiro atoms. The maximum absolute atomic E-state index is 11.7. The van der Waals surface area contributed by atoms with Gasteiger partial charge in [-0.25, -0.2) is 4.79 Å². The van der Waals surface area contributed by atoms with E-state index in [9.17, 15) is 4.79 Å². The minimum absolute atomic E-state index is 0.197. The Morgan fingerprint density at radius 1 is 0.862 bits per heavy atom. The zero-order chi connectivity index (χ0) is 21.0. The van der Waals surface area contributed by atoms with Crippen molar-refractivity contribution in [3.63, 3.8) is 0 Å². The van der Waals surface area contributed by atoms with Gasteiger partial charge in [0, 0.05) is 3.57 Å². The van der Waals surface area contributed by atoms with Crippen LogP contribution in [-0.4, -0.2) is 13.1 Å². The van der Waals surface area contributed by atoms with E-state index >= 15 is 0 Å². The highest BCUT2D eigenvalue weighted by Crippen LogP contribution is 2.47. The van der Waals surface area contributed by atoms with E-state index in [2.05, 4.69) is 74.6 Å². The summed E-state index contributed by atoms with van der Waals surface area (Å²) in [6, 6.07) is 17.0. The number of rotatable bonds is 2. The summed E-state index contributed by atoms with van der Waals surface area (Å²) in [5.41, 5.74) is 6.24. The van der Waals surface area contributed by atoms with Crippen LogP contribution in [0.2, 0.25) is 0 Å². The zero-order valence-electron chi connectivity index (χ0n) is 17.7. The largest absolute Gasteiger partial charge is 0.465 e. The van der Waals surface area contributed by atoms with Crippen LogP contribution in [-0.2, 0) is 15.6 Å². The van der Waals surface area contributed by atoms with Crippen molar-refractivity contribution in [1.82, 2.24) is 0 Å². The summed E-state index contributed by atoms with van der Waals surface area (Å²) in [6.07, 6.45) is 2.43. The lowest BCUT2D eigenvalue weighted by molar-refractivity contribution is 0.0601. The van der Waals surface area contributed by atoms with Crippen molar-refractivity contribution in [2.75, 3.05) is 7.11 Å². The number of benzene rings is 3. The molecule has 3 aromatic carbocycles. The Balaban J connectivity index is 1.86. The van der Waals surface area contributed by atoms with Crippen molar-refractivity contribution in [2.45, 2.75) is 51.4 Å². The lowest BCUT2D eigenvalue weighted by atomic mass is 9.63. The van der Waals surface area contributed by atoms with Gasteiger partial charge in [0.25, 0.3) is 0 Å². The van der Waals surface area contributed by atoms with Crippen molar-refractivity contribution in [1.29, 1.82) is 0 Å². The van der Waals surface area contributed by atoms with Gasteiger partial charge in [0.05, 0.1) is 12.7 Å². The van der Waals surface area contributed by atoms with E-state index in [-0.39, 0.29) is 16.8 Å². The van der Waals surface area contributed by atoms with E-state index in [1.165, 1.54) is 51.0 Å². The van der Waals surface area contributed by atoms with Gasteiger partial charge in [-0.15, -0.1) is 0 Å².